The average Bonchev–Trinajstić information content (AvgIpc) is 2.42. The van der Waals surface area contributed by atoms with Gasteiger partial charge in [-0.1, -0.05) is 6.07 Å². The fraction of sp³-hybridized carbons (Fsp3) is 0.385. The molecule has 1 atom stereocenters. The van der Waals surface area contributed by atoms with Crippen LogP contribution in [0.5, 0.6) is 5.75 Å². The average molecular weight is 285 g/mol. The van der Waals surface area contributed by atoms with Gasteiger partial charge in [-0.25, -0.2) is 0 Å². The molecule has 0 bridgehead atoms. The number of hydrogen-bond donors (Lipinski definition) is 2. The molecular formula is C13H17ClN2O3. The van der Waals surface area contributed by atoms with Crippen molar-refractivity contribution in [2.24, 2.45) is 0 Å². The van der Waals surface area contributed by atoms with E-state index in [1.807, 2.05) is 0 Å². The standard InChI is InChI=1S/C13H17ClN2O3/c1-9(14)12(17)15-6-7-16-13(18)10-4-3-5-11(8-10)19-2/h3-5,8-9H,6-7H2,1-2H3,(H,15,17)(H,16,18). The highest BCUT2D eigenvalue weighted by Crippen LogP contribution is 2.12. The summed E-state index contributed by atoms with van der Waals surface area (Å²) in [6.07, 6.45) is 0. The van der Waals surface area contributed by atoms with Gasteiger partial charge in [-0.2, -0.15) is 0 Å². The van der Waals surface area contributed by atoms with Gasteiger partial charge in [-0.05, 0) is 25.1 Å². The minimum Gasteiger partial charge on any atom is -0.497 e. The van der Waals surface area contributed by atoms with Crippen molar-refractivity contribution in [3.8, 4) is 5.75 Å². The summed E-state index contributed by atoms with van der Waals surface area (Å²) < 4.78 is 5.04. The van der Waals surface area contributed by atoms with Crippen molar-refractivity contribution in [3.63, 3.8) is 0 Å². The number of hydrogen-bond acceptors (Lipinski definition) is 3. The molecule has 0 heterocycles. The van der Waals surface area contributed by atoms with Gasteiger partial charge in [-0.3, -0.25) is 9.59 Å². The lowest BCUT2D eigenvalue weighted by Crippen LogP contribution is -2.37. The van der Waals surface area contributed by atoms with Crippen LogP contribution in [0.15, 0.2) is 24.3 Å². The van der Waals surface area contributed by atoms with Crippen molar-refractivity contribution in [2.75, 3.05) is 20.2 Å². The molecule has 0 radical (unpaired) electrons. The Morgan fingerprint density at radius 3 is 2.63 bits per heavy atom. The normalized spacial score (nSPS) is 11.5. The van der Waals surface area contributed by atoms with E-state index in [2.05, 4.69) is 10.6 Å². The number of carbonyl (C=O) groups excluding carboxylic acids is 2. The zero-order chi connectivity index (χ0) is 14.3. The van der Waals surface area contributed by atoms with Crippen LogP contribution in [0.3, 0.4) is 0 Å². The molecule has 1 aromatic carbocycles. The van der Waals surface area contributed by atoms with E-state index >= 15 is 0 Å². The van der Waals surface area contributed by atoms with Gasteiger partial charge < -0.3 is 15.4 Å². The highest BCUT2D eigenvalue weighted by atomic mass is 35.5. The second-order valence-corrected chi connectivity index (χ2v) is 4.55. The van der Waals surface area contributed by atoms with Gasteiger partial charge in [0.2, 0.25) is 5.91 Å². The molecule has 19 heavy (non-hydrogen) atoms. The Labute approximate surface area is 117 Å². The number of benzene rings is 1. The molecule has 0 spiro atoms. The topological polar surface area (TPSA) is 67.4 Å². The molecule has 2 amide bonds. The van der Waals surface area contributed by atoms with Gasteiger partial charge in [-0.15, -0.1) is 11.6 Å². The summed E-state index contributed by atoms with van der Waals surface area (Å²) in [5.74, 6) is 0.154. The molecule has 1 aromatic rings. The van der Waals surface area contributed by atoms with Gasteiger partial charge in [0.05, 0.1) is 7.11 Å². The first-order chi connectivity index (χ1) is 9.04. The summed E-state index contributed by atoms with van der Waals surface area (Å²) in [6.45, 7) is 2.27. The van der Waals surface area contributed by atoms with Gasteiger partial charge in [0.1, 0.15) is 11.1 Å². The van der Waals surface area contributed by atoms with E-state index in [0.717, 1.165) is 0 Å². The van der Waals surface area contributed by atoms with Crippen LogP contribution < -0.4 is 15.4 Å². The number of halogens is 1. The Morgan fingerprint density at radius 2 is 2.00 bits per heavy atom. The Hall–Kier alpha value is -1.75. The third kappa shape index (κ3) is 5.18. The minimum atomic E-state index is -0.575. The molecule has 0 aliphatic rings. The van der Waals surface area contributed by atoms with Crippen LogP contribution in [-0.2, 0) is 4.79 Å². The summed E-state index contributed by atoms with van der Waals surface area (Å²) in [5, 5.41) is 4.72. The quantitative estimate of drug-likeness (QED) is 0.609. The van der Waals surface area contributed by atoms with Crippen molar-refractivity contribution < 1.29 is 14.3 Å². The smallest absolute Gasteiger partial charge is 0.251 e. The number of alkyl halides is 1. The molecule has 0 saturated carbocycles. The Morgan fingerprint density at radius 1 is 1.32 bits per heavy atom. The number of nitrogens with one attached hydrogen (secondary N) is 2. The van der Waals surface area contributed by atoms with E-state index in [4.69, 9.17) is 16.3 Å². The van der Waals surface area contributed by atoms with Crippen LogP contribution >= 0.6 is 11.6 Å². The Balaban J connectivity index is 2.37. The summed E-state index contributed by atoms with van der Waals surface area (Å²) in [5.41, 5.74) is 0.511. The predicted molar refractivity (Wildman–Crippen MR) is 73.7 cm³/mol. The highest BCUT2D eigenvalue weighted by Gasteiger charge is 2.08. The first kappa shape index (κ1) is 15.3. The molecule has 0 aliphatic heterocycles. The fourth-order valence-corrected chi connectivity index (χ4v) is 1.45. The molecule has 0 fully saturated rings. The predicted octanol–water partition coefficient (Wildman–Crippen LogP) is 1.17. The van der Waals surface area contributed by atoms with Gasteiger partial charge in [0.15, 0.2) is 0 Å². The number of ether oxygens (including phenoxy) is 1. The summed E-state index contributed by atoms with van der Waals surface area (Å²) in [4.78, 5) is 23.0. The van der Waals surface area contributed by atoms with Crippen LogP contribution in [-0.4, -0.2) is 37.4 Å². The number of carbonyl (C=O) groups is 2. The zero-order valence-electron chi connectivity index (χ0n) is 10.9. The number of methoxy groups -OCH3 is 1. The SMILES string of the molecule is COc1cccc(C(=O)NCCNC(=O)C(C)Cl)c1. The maximum atomic E-state index is 11.8. The monoisotopic (exact) mass is 284 g/mol. The van der Waals surface area contributed by atoms with Crippen molar-refractivity contribution in [3.05, 3.63) is 29.8 Å². The van der Waals surface area contributed by atoms with E-state index in [9.17, 15) is 9.59 Å². The van der Waals surface area contributed by atoms with E-state index < -0.39 is 5.38 Å². The highest BCUT2D eigenvalue weighted by molar-refractivity contribution is 6.30. The van der Waals surface area contributed by atoms with Crippen LogP contribution in [0.1, 0.15) is 17.3 Å². The van der Waals surface area contributed by atoms with Crippen molar-refractivity contribution in [1.29, 1.82) is 0 Å². The summed E-state index contributed by atoms with van der Waals surface area (Å²) >= 11 is 5.59. The van der Waals surface area contributed by atoms with Crippen LogP contribution in [0.2, 0.25) is 0 Å². The lowest BCUT2D eigenvalue weighted by molar-refractivity contribution is -0.120. The fourth-order valence-electron chi connectivity index (χ4n) is 1.37. The molecule has 0 saturated heterocycles. The zero-order valence-corrected chi connectivity index (χ0v) is 11.7. The number of amides is 2. The maximum absolute atomic E-state index is 11.8. The molecular weight excluding hydrogens is 268 g/mol. The second kappa shape index (κ2) is 7.63. The largest absolute Gasteiger partial charge is 0.497 e. The molecule has 6 heteroatoms. The van der Waals surface area contributed by atoms with E-state index in [0.29, 0.717) is 24.4 Å². The van der Waals surface area contributed by atoms with Gasteiger partial charge in [0, 0.05) is 18.7 Å². The Bertz CT molecular complexity index is 449. The lowest BCUT2D eigenvalue weighted by atomic mass is 10.2. The van der Waals surface area contributed by atoms with E-state index in [1.165, 1.54) is 0 Å². The van der Waals surface area contributed by atoms with Crippen LogP contribution in [0.25, 0.3) is 0 Å². The molecule has 2 N–H and O–H groups in total. The molecule has 0 aromatic heterocycles. The Kier molecular flexibility index (Phi) is 6.15. The molecule has 5 nitrogen and oxygen atoms in total. The van der Waals surface area contributed by atoms with Crippen LogP contribution in [0.4, 0.5) is 0 Å². The van der Waals surface area contributed by atoms with Gasteiger partial charge in [0.25, 0.3) is 5.91 Å². The third-order valence-corrected chi connectivity index (χ3v) is 2.60. The molecule has 1 rings (SSSR count). The molecule has 1 unspecified atom stereocenters. The van der Waals surface area contributed by atoms with Crippen LogP contribution in [0, 0.1) is 0 Å². The number of rotatable bonds is 6. The van der Waals surface area contributed by atoms with E-state index in [1.54, 1.807) is 38.3 Å². The molecule has 104 valence electrons. The maximum Gasteiger partial charge on any atom is 0.251 e. The minimum absolute atomic E-state index is 0.216. The lowest BCUT2D eigenvalue weighted by Gasteiger charge is -2.08. The first-order valence-corrected chi connectivity index (χ1v) is 6.32. The first-order valence-electron chi connectivity index (χ1n) is 5.88. The van der Waals surface area contributed by atoms with Crippen molar-refractivity contribution in [1.82, 2.24) is 10.6 Å². The summed E-state index contributed by atoms with van der Waals surface area (Å²) in [7, 11) is 1.54. The van der Waals surface area contributed by atoms with Crippen molar-refractivity contribution in [2.45, 2.75) is 12.3 Å². The van der Waals surface area contributed by atoms with Gasteiger partial charge >= 0.3 is 0 Å². The van der Waals surface area contributed by atoms with Crippen molar-refractivity contribution >= 4 is 23.4 Å². The second-order valence-electron chi connectivity index (χ2n) is 3.89. The molecule has 0 aliphatic carbocycles. The van der Waals surface area contributed by atoms with E-state index in [-0.39, 0.29) is 11.8 Å². The summed E-state index contributed by atoms with van der Waals surface area (Å²) in [6, 6.07) is 6.84. The third-order valence-electron chi connectivity index (χ3n) is 2.40.